The Morgan fingerprint density at radius 2 is 2.16 bits per heavy atom. The van der Waals surface area contributed by atoms with Crippen LogP contribution in [0.4, 0.5) is 0 Å². The van der Waals surface area contributed by atoms with Gasteiger partial charge in [-0.1, -0.05) is 0 Å². The fourth-order valence-electron chi connectivity index (χ4n) is 2.18. The highest BCUT2D eigenvalue weighted by molar-refractivity contribution is 7.10. The fourth-order valence-corrected chi connectivity index (χ4v) is 3.07. The van der Waals surface area contributed by atoms with Crippen molar-refractivity contribution < 1.29 is 4.79 Å². The van der Waals surface area contributed by atoms with Gasteiger partial charge in [0.1, 0.15) is 0 Å². The summed E-state index contributed by atoms with van der Waals surface area (Å²) in [4.78, 5) is 19.4. The van der Waals surface area contributed by atoms with E-state index < -0.39 is 0 Å². The average molecular weight is 270 g/mol. The number of aromatic nitrogens is 1. The quantitative estimate of drug-likeness (QED) is 0.786. The summed E-state index contributed by atoms with van der Waals surface area (Å²) in [5, 5.41) is 2.10. The molecule has 0 spiro atoms. The third-order valence-electron chi connectivity index (χ3n) is 3.24. The van der Waals surface area contributed by atoms with Crippen LogP contribution >= 0.6 is 11.3 Å². The first-order chi connectivity index (χ1) is 9.33. The van der Waals surface area contributed by atoms with E-state index in [-0.39, 0.29) is 5.91 Å². The second-order valence-electron chi connectivity index (χ2n) is 4.49. The van der Waals surface area contributed by atoms with Crippen LogP contribution in [-0.4, -0.2) is 22.3 Å². The molecule has 3 rings (SSSR count). The molecule has 0 aromatic carbocycles. The lowest BCUT2D eigenvalue weighted by Gasteiger charge is -2.25. The molecule has 1 amide bonds. The number of amides is 1. The lowest BCUT2D eigenvalue weighted by Crippen LogP contribution is -2.34. The fraction of sp³-hybridized carbons (Fsp3) is 0.200. The number of carbonyl (C=O) groups excluding carboxylic acids is 1. The summed E-state index contributed by atoms with van der Waals surface area (Å²) in [6, 6.07) is 5.89. The number of hydrogen-bond acceptors (Lipinski definition) is 3. The van der Waals surface area contributed by atoms with Crippen molar-refractivity contribution in [3.8, 4) is 0 Å². The van der Waals surface area contributed by atoms with Crippen LogP contribution in [0.15, 0.2) is 42.0 Å². The van der Waals surface area contributed by atoms with Crippen molar-refractivity contribution in [1.82, 2.24) is 9.88 Å². The van der Waals surface area contributed by atoms with E-state index in [1.807, 2.05) is 23.1 Å². The zero-order chi connectivity index (χ0) is 13.1. The predicted molar refractivity (Wildman–Crippen MR) is 76.7 cm³/mol. The smallest absolute Gasteiger partial charge is 0.246 e. The van der Waals surface area contributed by atoms with Crippen LogP contribution in [-0.2, 0) is 17.8 Å². The summed E-state index contributed by atoms with van der Waals surface area (Å²) in [6.07, 6.45) is 7.91. The van der Waals surface area contributed by atoms with Gasteiger partial charge < -0.3 is 4.90 Å². The number of pyridine rings is 1. The maximum atomic E-state index is 12.1. The van der Waals surface area contributed by atoms with E-state index in [0.29, 0.717) is 0 Å². The zero-order valence-electron chi connectivity index (χ0n) is 10.5. The van der Waals surface area contributed by atoms with Gasteiger partial charge in [0.25, 0.3) is 0 Å². The van der Waals surface area contributed by atoms with Gasteiger partial charge in [-0.05, 0) is 47.2 Å². The molecule has 0 unspecified atom stereocenters. The van der Waals surface area contributed by atoms with Gasteiger partial charge in [0, 0.05) is 36.4 Å². The zero-order valence-corrected chi connectivity index (χ0v) is 11.3. The Bertz CT molecular complexity index is 604. The van der Waals surface area contributed by atoms with Crippen LogP contribution in [0.25, 0.3) is 6.08 Å². The maximum absolute atomic E-state index is 12.1. The largest absolute Gasteiger partial charge is 0.334 e. The van der Waals surface area contributed by atoms with Crippen LogP contribution < -0.4 is 0 Å². The van der Waals surface area contributed by atoms with Crippen molar-refractivity contribution in [2.24, 2.45) is 0 Å². The average Bonchev–Trinajstić information content (AvgIpc) is 2.93. The first-order valence-electron chi connectivity index (χ1n) is 6.25. The molecule has 1 aliphatic rings. The Morgan fingerprint density at radius 3 is 3.00 bits per heavy atom. The van der Waals surface area contributed by atoms with Crippen LogP contribution in [0.3, 0.4) is 0 Å². The molecule has 1 aliphatic heterocycles. The Balaban J connectivity index is 1.67. The molecule has 0 fully saturated rings. The monoisotopic (exact) mass is 270 g/mol. The third kappa shape index (κ3) is 2.74. The summed E-state index contributed by atoms with van der Waals surface area (Å²) in [7, 11) is 0. The van der Waals surface area contributed by atoms with Crippen molar-refractivity contribution >= 4 is 23.3 Å². The maximum Gasteiger partial charge on any atom is 0.246 e. The van der Waals surface area contributed by atoms with E-state index in [0.717, 1.165) is 25.1 Å². The summed E-state index contributed by atoms with van der Waals surface area (Å²) < 4.78 is 0. The van der Waals surface area contributed by atoms with Gasteiger partial charge in [-0.25, -0.2) is 0 Å². The molecule has 3 heterocycles. The summed E-state index contributed by atoms with van der Waals surface area (Å²) >= 11 is 1.79. The molecule has 0 atom stereocenters. The summed E-state index contributed by atoms with van der Waals surface area (Å²) in [5.74, 6) is 0.0775. The highest BCUT2D eigenvalue weighted by atomic mass is 32.1. The molecule has 0 bridgehead atoms. The molecular weight excluding hydrogens is 256 g/mol. The second-order valence-corrected chi connectivity index (χ2v) is 5.49. The first kappa shape index (κ1) is 12.1. The number of carbonyl (C=O) groups is 1. The molecule has 4 heteroatoms. The van der Waals surface area contributed by atoms with Gasteiger partial charge >= 0.3 is 0 Å². The SMILES string of the molecule is O=C(/C=C/c1ccncc1)N1CCc2sccc2C1. The molecule has 0 saturated heterocycles. The van der Waals surface area contributed by atoms with Gasteiger partial charge in [-0.15, -0.1) is 11.3 Å². The van der Waals surface area contributed by atoms with E-state index in [2.05, 4.69) is 16.4 Å². The Hall–Kier alpha value is -1.94. The Labute approximate surface area is 116 Å². The van der Waals surface area contributed by atoms with Crippen molar-refractivity contribution in [2.45, 2.75) is 13.0 Å². The highest BCUT2D eigenvalue weighted by Crippen LogP contribution is 2.24. The van der Waals surface area contributed by atoms with Crippen LogP contribution in [0, 0.1) is 0 Å². The molecule has 0 saturated carbocycles. The molecule has 19 heavy (non-hydrogen) atoms. The number of hydrogen-bond donors (Lipinski definition) is 0. The standard InChI is InChI=1S/C15H14N2OS/c18-15(2-1-12-3-7-16-8-4-12)17-9-5-14-13(11-17)6-10-19-14/h1-4,6-8,10H,5,9,11H2/b2-1+. The second kappa shape index (κ2) is 5.36. The third-order valence-corrected chi connectivity index (χ3v) is 4.27. The molecule has 2 aromatic rings. The van der Waals surface area contributed by atoms with Gasteiger partial charge in [0.15, 0.2) is 0 Å². The Kier molecular flexibility index (Phi) is 3.42. The topological polar surface area (TPSA) is 33.2 Å². The van der Waals surface area contributed by atoms with Crippen LogP contribution in [0.5, 0.6) is 0 Å². The van der Waals surface area contributed by atoms with E-state index in [1.165, 1.54) is 10.4 Å². The minimum atomic E-state index is 0.0775. The van der Waals surface area contributed by atoms with Gasteiger partial charge in [-0.2, -0.15) is 0 Å². The predicted octanol–water partition coefficient (Wildman–Crippen LogP) is 2.74. The highest BCUT2D eigenvalue weighted by Gasteiger charge is 2.19. The van der Waals surface area contributed by atoms with Crippen molar-refractivity contribution in [3.05, 3.63) is 58.1 Å². The van der Waals surface area contributed by atoms with E-state index >= 15 is 0 Å². The van der Waals surface area contributed by atoms with Crippen molar-refractivity contribution in [1.29, 1.82) is 0 Å². The number of thiophene rings is 1. The lowest BCUT2D eigenvalue weighted by molar-refractivity contribution is -0.126. The minimum absolute atomic E-state index is 0.0775. The number of fused-ring (bicyclic) bond motifs is 1. The summed E-state index contributed by atoms with van der Waals surface area (Å²) in [6.45, 7) is 1.55. The van der Waals surface area contributed by atoms with E-state index in [1.54, 1.807) is 29.8 Å². The lowest BCUT2D eigenvalue weighted by atomic mass is 10.1. The number of nitrogens with zero attached hydrogens (tertiary/aromatic N) is 2. The number of rotatable bonds is 2. The molecule has 0 aliphatic carbocycles. The van der Waals surface area contributed by atoms with Crippen LogP contribution in [0.2, 0.25) is 0 Å². The molecule has 96 valence electrons. The van der Waals surface area contributed by atoms with E-state index in [9.17, 15) is 4.79 Å². The van der Waals surface area contributed by atoms with Crippen molar-refractivity contribution in [3.63, 3.8) is 0 Å². The molecule has 0 N–H and O–H groups in total. The van der Waals surface area contributed by atoms with Crippen LogP contribution in [0.1, 0.15) is 16.0 Å². The first-order valence-corrected chi connectivity index (χ1v) is 7.13. The normalized spacial score (nSPS) is 14.6. The molecule has 2 aromatic heterocycles. The summed E-state index contributed by atoms with van der Waals surface area (Å²) in [5.41, 5.74) is 2.29. The van der Waals surface area contributed by atoms with Gasteiger partial charge in [0.2, 0.25) is 5.91 Å². The van der Waals surface area contributed by atoms with E-state index in [4.69, 9.17) is 0 Å². The molecular formula is C15H14N2OS. The molecule has 0 radical (unpaired) electrons. The van der Waals surface area contributed by atoms with Gasteiger partial charge in [0.05, 0.1) is 0 Å². The van der Waals surface area contributed by atoms with Crippen molar-refractivity contribution in [2.75, 3.05) is 6.54 Å². The van der Waals surface area contributed by atoms with Gasteiger partial charge in [-0.3, -0.25) is 9.78 Å². The molecule has 3 nitrogen and oxygen atoms in total. The minimum Gasteiger partial charge on any atom is -0.334 e. The Morgan fingerprint density at radius 1 is 1.32 bits per heavy atom.